The molecule has 0 saturated heterocycles. The highest BCUT2D eigenvalue weighted by atomic mass is 16.6. The van der Waals surface area contributed by atoms with Gasteiger partial charge in [-0.05, 0) is 27.2 Å². The fourth-order valence-electron chi connectivity index (χ4n) is 2.22. The molecule has 2 heterocycles. The van der Waals surface area contributed by atoms with Crippen molar-refractivity contribution in [3.05, 3.63) is 18.2 Å². The first-order valence-electron chi connectivity index (χ1n) is 7.66. The van der Waals surface area contributed by atoms with Gasteiger partial charge in [0, 0.05) is 18.9 Å². The van der Waals surface area contributed by atoms with Gasteiger partial charge in [-0.3, -0.25) is 9.89 Å². The van der Waals surface area contributed by atoms with Crippen LogP contribution in [0.15, 0.2) is 17.4 Å². The number of nitrogens with zero attached hydrogens (tertiary/aromatic N) is 3. The lowest BCUT2D eigenvalue weighted by atomic mass is 10.2. The number of aromatic nitrogens is 2. The minimum Gasteiger partial charge on any atom is -0.444 e. The molecule has 2 rings (SSSR count). The number of hydrogen-bond donors (Lipinski definition) is 2. The Labute approximate surface area is 131 Å². The molecule has 1 atom stereocenters. The van der Waals surface area contributed by atoms with E-state index in [4.69, 9.17) is 4.74 Å². The molecule has 1 aliphatic rings. The molecule has 7 nitrogen and oxygen atoms in total. The lowest BCUT2D eigenvalue weighted by Crippen LogP contribution is -2.47. The van der Waals surface area contributed by atoms with Crippen LogP contribution >= 0.6 is 0 Å². The van der Waals surface area contributed by atoms with Crippen molar-refractivity contribution in [1.82, 2.24) is 20.2 Å². The SMILES string of the molecule is CCC(NC1=NCCN(C(=O)OC(C)(C)C)C1)c1ncc[nH]1. The number of rotatable bonds is 3. The number of carbonyl (C=O) groups is 1. The Balaban J connectivity index is 1.95. The third kappa shape index (κ3) is 4.47. The summed E-state index contributed by atoms with van der Waals surface area (Å²) in [5, 5.41) is 3.36. The van der Waals surface area contributed by atoms with Gasteiger partial charge in [-0.1, -0.05) is 6.92 Å². The Kier molecular flexibility index (Phi) is 5.05. The Hall–Kier alpha value is -2.05. The Bertz CT molecular complexity index is 519. The van der Waals surface area contributed by atoms with E-state index in [1.165, 1.54) is 0 Å². The zero-order valence-electron chi connectivity index (χ0n) is 13.7. The molecule has 1 aliphatic heterocycles. The minimum atomic E-state index is -0.487. The first-order valence-corrected chi connectivity index (χ1v) is 7.66. The second-order valence-corrected chi connectivity index (χ2v) is 6.31. The summed E-state index contributed by atoms with van der Waals surface area (Å²) in [6, 6.07) is 0.0623. The lowest BCUT2D eigenvalue weighted by molar-refractivity contribution is 0.0276. The van der Waals surface area contributed by atoms with Gasteiger partial charge in [0.25, 0.3) is 0 Å². The van der Waals surface area contributed by atoms with Crippen molar-refractivity contribution in [2.24, 2.45) is 4.99 Å². The quantitative estimate of drug-likeness (QED) is 0.896. The lowest BCUT2D eigenvalue weighted by Gasteiger charge is -2.31. The highest BCUT2D eigenvalue weighted by Crippen LogP contribution is 2.14. The van der Waals surface area contributed by atoms with Crippen LogP contribution in [0.25, 0.3) is 0 Å². The average molecular weight is 307 g/mol. The number of aliphatic imine (C=N–C) groups is 1. The first kappa shape index (κ1) is 16.3. The number of nitrogens with one attached hydrogen (secondary N) is 2. The summed E-state index contributed by atoms with van der Waals surface area (Å²) in [7, 11) is 0. The largest absolute Gasteiger partial charge is 0.444 e. The standard InChI is InChI=1S/C15H25N5O2/c1-5-11(13-17-6-7-18-13)19-12-10-20(9-8-16-12)14(21)22-15(2,3)4/h6-7,11H,5,8-10H2,1-4H3,(H,16,19)(H,17,18). The van der Waals surface area contributed by atoms with Gasteiger partial charge in [0.15, 0.2) is 0 Å². The summed E-state index contributed by atoms with van der Waals surface area (Å²) >= 11 is 0. The van der Waals surface area contributed by atoms with Crippen LogP contribution in [0.5, 0.6) is 0 Å². The minimum absolute atomic E-state index is 0.0623. The van der Waals surface area contributed by atoms with Crippen LogP contribution < -0.4 is 5.32 Å². The molecule has 1 aromatic rings. The Morgan fingerprint density at radius 1 is 1.55 bits per heavy atom. The molecule has 0 radical (unpaired) electrons. The number of hydrogen-bond acceptors (Lipinski definition) is 5. The number of imidazole rings is 1. The zero-order valence-corrected chi connectivity index (χ0v) is 13.7. The van der Waals surface area contributed by atoms with E-state index in [2.05, 4.69) is 27.2 Å². The normalized spacial score (nSPS) is 16.9. The third-order valence-electron chi connectivity index (χ3n) is 3.26. The van der Waals surface area contributed by atoms with Crippen molar-refractivity contribution in [3.63, 3.8) is 0 Å². The maximum Gasteiger partial charge on any atom is 0.410 e. The maximum atomic E-state index is 12.1. The molecule has 0 bridgehead atoms. The second-order valence-electron chi connectivity index (χ2n) is 6.31. The van der Waals surface area contributed by atoms with Gasteiger partial charge in [-0.25, -0.2) is 9.78 Å². The fraction of sp³-hybridized carbons (Fsp3) is 0.667. The summed E-state index contributed by atoms with van der Waals surface area (Å²) < 4.78 is 5.41. The number of amides is 1. The highest BCUT2D eigenvalue weighted by molar-refractivity contribution is 5.88. The van der Waals surface area contributed by atoms with Gasteiger partial charge in [0.1, 0.15) is 17.3 Å². The van der Waals surface area contributed by atoms with Crippen molar-refractivity contribution in [1.29, 1.82) is 0 Å². The van der Waals surface area contributed by atoms with Crippen LogP contribution in [0.4, 0.5) is 4.79 Å². The maximum absolute atomic E-state index is 12.1. The molecule has 0 aliphatic carbocycles. The molecule has 0 saturated carbocycles. The molecule has 22 heavy (non-hydrogen) atoms. The number of H-pyrrole nitrogens is 1. The third-order valence-corrected chi connectivity index (χ3v) is 3.26. The van der Waals surface area contributed by atoms with E-state index in [0.29, 0.717) is 19.6 Å². The molecule has 7 heteroatoms. The smallest absolute Gasteiger partial charge is 0.410 e. The van der Waals surface area contributed by atoms with Gasteiger partial charge in [0.05, 0.1) is 19.1 Å². The number of carbonyl (C=O) groups excluding carboxylic acids is 1. The molecule has 0 aromatic carbocycles. The summed E-state index contributed by atoms with van der Waals surface area (Å²) in [4.78, 5) is 25.7. The summed E-state index contributed by atoms with van der Waals surface area (Å²) in [5.41, 5.74) is -0.487. The van der Waals surface area contributed by atoms with E-state index >= 15 is 0 Å². The van der Waals surface area contributed by atoms with Crippen LogP contribution in [0, 0.1) is 0 Å². The molecule has 0 spiro atoms. The van der Waals surface area contributed by atoms with Gasteiger partial charge < -0.3 is 15.0 Å². The molecule has 122 valence electrons. The van der Waals surface area contributed by atoms with E-state index in [1.807, 2.05) is 20.8 Å². The van der Waals surface area contributed by atoms with Crippen molar-refractivity contribution >= 4 is 11.9 Å². The molecule has 1 unspecified atom stereocenters. The van der Waals surface area contributed by atoms with Crippen LogP contribution in [-0.4, -0.2) is 52.0 Å². The Morgan fingerprint density at radius 3 is 2.91 bits per heavy atom. The van der Waals surface area contributed by atoms with E-state index in [1.54, 1.807) is 17.3 Å². The van der Waals surface area contributed by atoms with Crippen molar-refractivity contribution < 1.29 is 9.53 Å². The van der Waals surface area contributed by atoms with Crippen molar-refractivity contribution in [2.75, 3.05) is 19.6 Å². The number of aromatic amines is 1. The molecule has 1 aromatic heterocycles. The zero-order chi connectivity index (χ0) is 16.2. The molecule has 0 fully saturated rings. The predicted molar refractivity (Wildman–Crippen MR) is 84.9 cm³/mol. The van der Waals surface area contributed by atoms with Crippen LogP contribution in [0.1, 0.15) is 46.0 Å². The number of amidine groups is 1. The van der Waals surface area contributed by atoms with E-state index in [9.17, 15) is 4.79 Å². The van der Waals surface area contributed by atoms with Crippen LogP contribution in [0.2, 0.25) is 0 Å². The summed E-state index contributed by atoms with van der Waals surface area (Å²) in [6.45, 7) is 9.28. The van der Waals surface area contributed by atoms with Crippen LogP contribution in [0.3, 0.4) is 0 Å². The second kappa shape index (κ2) is 6.81. The van der Waals surface area contributed by atoms with E-state index in [-0.39, 0.29) is 12.1 Å². The molecule has 1 amide bonds. The molecular weight excluding hydrogens is 282 g/mol. The summed E-state index contributed by atoms with van der Waals surface area (Å²) in [6.07, 6.45) is 4.11. The first-order chi connectivity index (χ1) is 10.4. The van der Waals surface area contributed by atoms with Gasteiger partial charge in [-0.2, -0.15) is 0 Å². The van der Waals surface area contributed by atoms with Gasteiger partial charge >= 0.3 is 6.09 Å². The number of ether oxygens (including phenoxy) is 1. The Morgan fingerprint density at radius 2 is 2.32 bits per heavy atom. The van der Waals surface area contributed by atoms with Crippen LogP contribution in [-0.2, 0) is 4.74 Å². The monoisotopic (exact) mass is 307 g/mol. The average Bonchev–Trinajstić information content (AvgIpc) is 2.97. The molecule has 2 N–H and O–H groups in total. The topological polar surface area (TPSA) is 82.6 Å². The van der Waals surface area contributed by atoms with Gasteiger partial charge in [-0.15, -0.1) is 0 Å². The van der Waals surface area contributed by atoms with E-state index < -0.39 is 5.60 Å². The van der Waals surface area contributed by atoms with E-state index in [0.717, 1.165) is 18.1 Å². The van der Waals surface area contributed by atoms with Crippen molar-refractivity contribution in [2.45, 2.75) is 45.8 Å². The summed E-state index contributed by atoms with van der Waals surface area (Å²) in [5.74, 6) is 1.67. The van der Waals surface area contributed by atoms with Crippen molar-refractivity contribution in [3.8, 4) is 0 Å². The fourth-order valence-corrected chi connectivity index (χ4v) is 2.22. The van der Waals surface area contributed by atoms with Gasteiger partial charge in [0.2, 0.25) is 0 Å². The highest BCUT2D eigenvalue weighted by Gasteiger charge is 2.26. The predicted octanol–water partition coefficient (Wildman–Crippen LogP) is 2.10. The molecular formula is C15H25N5O2.